The molecule has 4 heteroatoms. The van der Waals surface area contributed by atoms with Crippen LogP contribution < -0.4 is 0 Å². The summed E-state index contributed by atoms with van der Waals surface area (Å²) in [6.07, 6.45) is 0. The summed E-state index contributed by atoms with van der Waals surface area (Å²) >= 11 is 0. The van der Waals surface area contributed by atoms with E-state index in [0.29, 0.717) is 5.57 Å². The molecule has 0 atom stereocenters. The van der Waals surface area contributed by atoms with Crippen molar-refractivity contribution < 1.29 is 9.90 Å². The van der Waals surface area contributed by atoms with Crippen molar-refractivity contribution in [2.45, 2.75) is 20.8 Å². The number of benzene rings is 1. The number of aryl methyl sites for hydroxylation is 1. The van der Waals surface area contributed by atoms with Gasteiger partial charge >= 0.3 is 5.97 Å². The number of aliphatic carboxylic acids is 1. The van der Waals surface area contributed by atoms with Crippen molar-refractivity contribution in [1.29, 1.82) is 0 Å². The first-order valence-electron chi connectivity index (χ1n) is 6.04. The van der Waals surface area contributed by atoms with Crippen molar-refractivity contribution in [3.05, 3.63) is 53.4 Å². The van der Waals surface area contributed by atoms with Gasteiger partial charge in [0.15, 0.2) is 0 Å². The standard InChI is InChI=1S/C15H16N2O2/c1-10-9-14(11(2)12(3)15(18)19)17(16-10)13-7-5-4-6-8-13/h4-9H,1-3H3,(H,18,19)/b12-11-. The van der Waals surface area contributed by atoms with Crippen LogP contribution in [-0.2, 0) is 4.79 Å². The average molecular weight is 256 g/mol. The van der Waals surface area contributed by atoms with Crippen molar-refractivity contribution >= 4 is 11.5 Å². The van der Waals surface area contributed by atoms with Crippen LogP contribution in [0.25, 0.3) is 11.3 Å². The Morgan fingerprint density at radius 3 is 2.42 bits per heavy atom. The Bertz CT molecular complexity index is 639. The van der Waals surface area contributed by atoms with Crippen molar-refractivity contribution in [3.63, 3.8) is 0 Å². The third-order valence-corrected chi connectivity index (χ3v) is 3.10. The summed E-state index contributed by atoms with van der Waals surface area (Å²) in [7, 11) is 0. The maximum atomic E-state index is 11.1. The second-order valence-electron chi connectivity index (χ2n) is 4.47. The molecule has 4 nitrogen and oxygen atoms in total. The van der Waals surface area contributed by atoms with Crippen molar-refractivity contribution in [1.82, 2.24) is 9.78 Å². The fourth-order valence-electron chi connectivity index (χ4n) is 1.89. The van der Waals surface area contributed by atoms with E-state index >= 15 is 0 Å². The Morgan fingerprint density at radius 1 is 1.21 bits per heavy atom. The van der Waals surface area contributed by atoms with Crippen LogP contribution in [-0.4, -0.2) is 20.9 Å². The first kappa shape index (κ1) is 13.1. The maximum Gasteiger partial charge on any atom is 0.331 e. The molecule has 2 aromatic rings. The van der Waals surface area contributed by atoms with E-state index in [2.05, 4.69) is 5.10 Å². The highest BCUT2D eigenvalue weighted by atomic mass is 16.4. The van der Waals surface area contributed by atoms with Gasteiger partial charge in [-0.1, -0.05) is 18.2 Å². The number of nitrogens with zero attached hydrogens (tertiary/aromatic N) is 2. The third-order valence-electron chi connectivity index (χ3n) is 3.10. The highest BCUT2D eigenvalue weighted by Gasteiger charge is 2.13. The van der Waals surface area contributed by atoms with Crippen LogP contribution in [0.1, 0.15) is 25.2 Å². The summed E-state index contributed by atoms with van der Waals surface area (Å²) in [6, 6.07) is 11.6. The quantitative estimate of drug-likeness (QED) is 0.859. The molecule has 0 aliphatic rings. The van der Waals surface area contributed by atoms with Crippen LogP contribution in [0, 0.1) is 6.92 Å². The van der Waals surface area contributed by atoms with Gasteiger partial charge in [-0.15, -0.1) is 0 Å². The molecule has 0 amide bonds. The largest absolute Gasteiger partial charge is 0.478 e. The number of carboxylic acid groups (broad SMARTS) is 1. The van der Waals surface area contributed by atoms with Crippen LogP contribution in [0.5, 0.6) is 0 Å². The SMILES string of the molecule is C/C(C(=O)O)=C(\C)c1cc(C)nn1-c1ccccc1. The van der Waals surface area contributed by atoms with Gasteiger partial charge in [0.05, 0.1) is 17.1 Å². The van der Waals surface area contributed by atoms with Gasteiger partial charge < -0.3 is 5.11 Å². The van der Waals surface area contributed by atoms with Gasteiger partial charge in [-0.2, -0.15) is 5.10 Å². The Morgan fingerprint density at radius 2 is 1.84 bits per heavy atom. The Kier molecular flexibility index (Phi) is 3.51. The molecular weight excluding hydrogens is 240 g/mol. The van der Waals surface area contributed by atoms with E-state index in [1.54, 1.807) is 18.5 Å². The number of hydrogen-bond donors (Lipinski definition) is 1. The maximum absolute atomic E-state index is 11.1. The van der Waals surface area contributed by atoms with Crippen molar-refractivity contribution in [2.75, 3.05) is 0 Å². The highest BCUT2D eigenvalue weighted by Crippen LogP contribution is 2.22. The zero-order valence-electron chi connectivity index (χ0n) is 11.2. The summed E-state index contributed by atoms with van der Waals surface area (Å²) in [5.41, 5.74) is 3.64. The normalized spacial score (nSPS) is 12.2. The molecule has 1 aromatic heterocycles. The minimum Gasteiger partial charge on any atom is -0.478 e. The van der Waals surface area contributed by atoms with E-state index in [-0.39, 0.29) is 0 Å². The molecule has 0 aliphatic heterocycles. The molecule has 0 aliphatic carbocycles. The van der Waals surface area contributed by atoms with Crippen LogP contribution in [0.15, 0.2) is 42.0 Å². The summed E-state index contributed by atoms with van der Waals surface area (Å²) < 4.78 is 1.77. The monoisotopic (exact) mass is 256 g/mol. The van der Waals surface area contributed by atoms with E-state index in [4.69, 9.17) is 5.11 Å². The van der Waals surface area contributed by atoms with Crippen LogP contribution in [0.3, 0.4) is 0 Å². The molecule has 0 radical (unpaired) electrons. The number of hydrogen-bond acceptors (Lipinski definition) is 2. The lowest BCUT2D eigenvalue weighted by molar-refractivity contribution is -0.132. The number of allylic oxidation sites excluding steroid dienone is 1. The van der Waals surface area contributed by atoms with Gasteiger partial charge in [0.2, 0.25) is 0 Å². The first-order chi connectivity index (χ1) is 9.00. The van der Waals surface area contributed by atoms with Gasteiger partial charge in [0, 0.05) is 5.57 Å². The molecule has 98 valence electrons. The Hall–Kier alpha value is -2.36. The van der Waals surface area contributed by atoms with Gasteiger partial charge in [0.1, 0.15) is 0 Å². The Balaban J connectivity index is 2.61. The molecule has 0 saturated carbocycles. The summed E-state index contributed by atoms with van der Waals surface area (Å²) in [5.74, 6) is -0.907. The molecule has 1 heterocycles. The molecule has 0 fully saturated rings. The van der Waals surface area contributed by atoms with Crippen LogP contribution in [0.2, 0.25) is 0 Å². The minimum atomic E-state index is -0.907. The lowest BCUT2D eigenvalue weighted by Crippen LogP contribution is -2.04. The van der Waals surface area contributed by atoms with Crippen molar-refractivity contribution in [3.8, 4) is 5.69 Å². The second kappa shape index (κ2) is 5.10. The van der Waals surface area contributed by atoms with Crippen LogP contribution >= 0.6 is 0 Å². The lowest BCUT2D eigenvalue weighted by atomic mass is 10.1. The Labute approximate surface area is 112 Å². The fourth-order valence-corrected chi connectivity index (χ4v) is 1.89. The number of carbonyl (C=O) groups is 1. The zero-order valence-corrected chi connectivity index (χ0v) is 11.2. The van der Waals surface area contributed by atoms with Gasteiger partial charge in [-0.25, -0.2) is 9.48 Å². The lowest BCUT2D eigenvalue weighted by Gasteiger charge is -2.09. The van der Waals surface area contributed by atoms with Gasteiger partial charge in [-0.05, 0) is 44.5 Å². The molecule has 1 N–H and O–H groups in total. The summed E-state index contributed by atoms with van der Waals surface area (Å²) in [6.45, 7) is 5.31. The predicted molar refractivity (Wildman–Crippen MR) is 74.2 cm³/mol. The number of para-hydroxylation sites is 1. The van der Waals surface area contributed by atoms with E-state index in [1.807, 2.05) is 43.3 Å². The molecule has 0 unspecified atom stereocenters. The number of carboxylic acids is 1. The average Bonchev–Trinajstić information content (AvgIpc) is 2.80. The molecule has 19 heavy (non-hydrogen) atoms. The van der Waals surface area contributed by atoms with E-state index in [1.165, 1.54) is 0 Å². The fraction of sp³-hybridized carbons (Fsp3) is 0.200. The number of aromatic nitrogens is 2. The predicted octanol–water partition coefficient (Wildman–Crippen LogP) is 3.06. The molecule has 0 spiro atoms. The minimum absolute atomic E-state index is 0.331. The highest BCUT2D eigenvalue weighted by molar-refractivity contribution is 5.95. The summed E-state index contributed by atoms with van der Waals surface area (Å²) in [4.78, 5) is 11.1. The zero-order chi connectivity index (χ0) is 14.0. The molecular formula is C15H16N2O2. The topological polar surface area (TPSA) is 55.1 Å². The molecule has 1 aromatic carbocycles. The first-order valence-corrected chi connectivity index (χ1v) is 6.04. The molecule has 2 rings (SSSR count). The van der Waals surface area contributed by atoms with E-state index in [9.17, 15) is 4.79 Å². The van der Waals surface area contributed by atoms with Gasteiger partial charge in [-0.3, -0.25) is 0 Å². The van der Waals surface area contributed by atoms with Gasteiger partial charge in [0.25, 0.3) is 0 Å². The van der Waals surface area contributed by atoms with Crippen LogP contribution in [0.4, 0.5) is 0 Å². The van der Waals surface area contributed by atoms with E-state index < -0.39 is 5.97 Å². The van der Waals surface area contributed by atoms with E-state index in [0.717, 1.165) is 22.6 Å². The summed E-state index contributed by atoms with van der Waals surface area (Å²) in [5, 5.41) is 13.5. The van der Waals surface area contributed by atoms with Crippen molar-refractivity contribution in [2.24, 2.45) is 0 Å². The second-order valence-corrected chi connectivity index (χ2v) is 4.47. The third kappa shape index (κ3) is 2.57. The smallest absolute Gasteiger partial charge is 0.331 e. The number of rotatable bonds is 3. The molecule has 0 bridgehead atoms. The molecule has 0 saturated heterocycles.